The first kappa shape index (κ1) is 21.9. The minimum Gasteiger partial charge on any atom is -0.378 e. The number of thioether (sulfide) groups is 1. The Kier molecular flexibility index (Phi) is 5.80. The van der Waals surface area contributed by atoms with Crippen molar-refractivity contribution in [2.45, 2.75) is 23.5 Å². The van der Waals surface area contributed by atoms with Gasteiger partial charge in [-0.25, -0.2) is 8.78 Å². The molecular weight excluding hydrogens is 446 g/mol. The fourth-order valence-electron chi connectivity index (χ4n) is 4.52. The molecule has 3 aromatic rings. The third-order valence-corrected chi connectivity index (χ3v) is 7.38. The standard InChI is InChI=1S/C25H22F2N2O3S/c1-15-12-21(30)24(25(31)28-8-10-32-11-9-28)20-14-23(17-7-6-16(26)13-18(17)27)33-22-5-3-2-4-19(22)29(15)20/h2-7,12-13,23H,8-11,14H2,1H3/t23-/m0/s1. The zero-order valence-corrected chi connectivity index (χ0v) is 18.8. The summed E-state index contributed by atoms with van der Waals surface area (Å²) in [7, 11) is 0. The molecule has 2 aliphatic rings. The molecule has 0 saturated carbocycles. The van der Waals surface area contributed by atoms with Gasteiger partial charge in [-0.2, -0.15) is 0 Å². The smallest absolute Gasteiger partial charge is 0.259 e. The van der Waals surface area contributed by atoms with E-state index in [-0.39, 0.29) is 23.3 Å². The van der Waals surface area contributed by atoms with Crippen molar-refractivity contribution in [2.24, 2.45) is 0 Å². The highest BCUT2D eigenvalue weighted by Crippen LogP contribution is 2.45. The molecule has 0 unspecified atom stereocenters. The number of nitrogens with zero attached hydrogens (tertiary/aromatic N) is 2. The Morgan fingerprint density at radius 3 is 2.61 bits per heavy atom. The molecular formula is C25H22F2N2O3S. The summed E-state index contributed by atoms with van der Waals surface area (Å²) in [5, 5.41) is -0.446. The Morgan fingerprint density at radius 1 is 1.09 bits per heavy atom. The molecule has 5 nitrogen and oxygen atoms in total. The van der Waals surface area contributed by atoms with Crippen molar-refractivity contribution in [3.8, 4) is 5.69 Å². The molecule has 0 aliphatic carbocycles. The number of halogens is 2. The molecule has 1 saturated heterocycles. The maximum Gasteiger partial charge on any atom is 0.259 e. The highest BCUT2D eigenvalue weighted by atomic mass is 32.2. The van der Waals surface area contributed by atoms with Crippen LogP contribution in [0.25, 0.3) is 5.69 Å². The maximum absolute atomic E-state index is 14.8. The average molecular weight is 469 g/mol. The second kappa shape index (κ2) is 8.76. The molecule has 1 atom stereocenters. The molecule has 2 aromatic carbocycles. The molecule has 0 N–H and O–H groups in total. The van der Waals surface area contributed by atoms with E-state index in [1.165, 1.54) is 30.0 Å². The molecule has 0 radical (unpaired) electrons. The molecule has 2 aliphatic heterocycles. The number of ether oxygens (including phenoxy) is 1. The van der Waals surface area contributed by atoms with Crippen molar-refractivity contribution in [3.63, 3.8) is 0 Å². The van der Waals surface area contributed by atoms with E-state index in [0.717, 1.165) is 16.6 Å². The Bertz CT molecular complexity index is 1300. The molecule has 1 fully saturated rings. The van der Waals surface area contributed by atoms with Gasteiger partial charge in [0.25, 0.3) is 5.91 Å². The summed E-state index contributed by atoms with van der Waals surface area (Å²) in [6.07, 6.45) is 0.240. The van der Waals surface area contributed by atoms with Crippen molar-refractivity contribution in [1.29, 1.82) is 0 Å². The second-order valence-electron chi connectivity index (χ2n) is 8.16. The zero-order valence-electron chi connectivity index (χ0n) is 18.0. The van der Waals surface area contributed by atoms with E-state index in [1.807, 2.05) is 35.8 Å². The first-order valence-corrected chi connectivity index (χ1v) is 11.7. The number of morpholine rings is 1. The van der Waals surface area contributed by atoms with Gasteiger partial charge in [0.1, 0.15) is 17.2 Å². The van der Waals surface area contributed by atoms with Crippen LogP contribution in [0.1, 0.15) is 32.6 Å². The first-order valence-electron chi connectivity index (χ1n) is 10.8. The van der Waals surface area contributed by atoms with Gasteiger partial charge in [0.2, 0.25) is 0 Å². The molecule has 0 bridgehead atoms. The number of pyridine rings is 1. The van der Waals surface area contributed by atoms with Gasteiger partial charge in [-0.15, -0.1) is 11.8 Å². The second-order valence-corrected chi connectivity index (χ2v) is 9.40. The van der Waals surface area contributed by atoms with Crippen LogP contribution in [0.15, 0.2) is 58.2 Å². The van der Waals surface area contributed by atoms with Gasteiger partial charge in [-0.05, 0) is 25.1 Å². The van der Waals surface area contributed by atoms with E-state index in [0.29, 0.717) is 43.3 Å². The van der Waals surface area contributed by atoms with Crippen molar-refractivity contribution >= 4 is 17.7 Å². The number of rotatable bonds is 2. The van der Waals surface area contributed by atoms with Crippen LogP contribution in [0, 0.1) is 18.6 Å². The molecule has 1 amide bonds. The van der Waals surface area contributed by atoms with Crippen LogP contribution in [0.4, 0.5) is 8.78 Å². The van der Waals surface area contributed by atoms with Gasteiger partial charge < -0.3 is 14.2 Å². The number of para-hydroxylation sites is 1. The minimum absolute atomic E-state index is 0.104. The summed E-state index contributed by atoms with van der Waals surface area (Å²) >= 11 is 1.45. The Morgan fingerprint density at radius 2 is 1.85 bits per heavy atom. The summed E-state index contributed by atoms with van der Waals surface area (Å²) in [4.78, 5) is 29.2. The van der Waals surface area contributed by atoms with Gasteiger partial charge >= 0.3 is 0 Å². The molecule has 5 rings (SSSR count). The van der Waals surface area contributed by atoms with Crippen LogP contribution in [0.3, 0.4) is 0 Å². The molecule has 1 aromatic heterocycles. The van der Waals surface area contributed by atoms with E-state index < -0.39 is 16.9 Å². The minimum atomic E-state index is -0.647. The summed E-state index contributed by atoms with van der Waals surface area (Å²) in [6, 6.07) is 12.7. The van der Waals surface area contributed by atoms with Crippen LogP contribution in [0.5, 0.6) is 0 Å². The fraction of sp³-hybridized carbons (Fsp3) is 0.280. The monoisotopic (exact) mass is 468 g/mol. The number of aryl methyl sites for hydroxylation is 1. The number of hydrogen-bond donors (Lipinski definition) is 0. The molecule has 33 heavy (non-hydrogen) atoms. The van der Waals surface area contributed by atoms with Crippen molar-refractivity contribution < 1.29 is 18.3 Å². The molecule has 0 spiro atoms. The van der Waals surface area contributed by atoms with Crippen molar-refractivity contribution in [3.05, 3.63) is 92.9 Å². The van der Waals surface area contributed by atoms with E-state index in [2.05, 4.69) is 0 Å². The third-order valence-electron chi connectivity index (χ3n) is 6.07. The lowest BCUT2D eigenvalue weighted by molar-refractivity contribution is 0.0300. The number of fused-ring (bicyclic) bond motifs is 3. The summed E-state index contributed by atoms with van der Waals surface area (Å²) in [5.41, 5.74) is 2.16. The van der Waals surface area contributed by atoms with Gasteiger partial charge in [0.15, 0.2) is 5.43 Å². The topological polar surface area (TPSA) is 51.5 Å². The molecule has 3 heterocycles. The number of aromatic nitrogens is 1. The predicted molar refractivity (Wildman–Crippen MR) is 122 cm³/mol. The van der Waals surface area contributed by atoms with Crippen molar-refractivity contribution in [1.82, 2.24) is 9.47 Å². The predicted octanol–water partition coefficient (Wildman–Crippen LogP) is 4.29. The van der Waals surface area contributed by atoms with Gasteiger partial charge in [-0.1, -0.05) is 18.2 Å². The SMILES string of the molecule is Cc1cc(=O)c(C(=O)N2CCOCC2)c2n1-c1ccccc1S[C@H](c1ccc(F)cc1F)C2. The lowest BCUT2D eigenvalue weighted by Gasteiger charge is -2.28. The maximum atomic E-state index is 14.8. The molecule has 8 heteroatoms. The highest BCUT2D eigenvalue weighted by Gasteiger charge is 2.32. The van der Waals surface area contributed by atoms with Gasteiger partial charge in [0, 0.05) is 58.7 Å². The number of hydrogen-bond acceptors (Lipinski definition) is 4. The number of amides is 1. The van der Waals surface area contributed by atoms with E-state index in [9.17, 15) is 18.4 Å². The van der Waals surface area contributed by atoms with Crippen molar-refractivity contribution in [2.75, 3.05) is 26.3 Å². The van der Waals surface area contributed by atoms with Crippen LogP contribution in [-0.2, 0) is 11.2 Å². The Labute approximate surface area is 194 Å². The summed E-state index contributed by atoms with van der Waals surface area (Å²) in [6.45, 7) is 3.49. The van der Waals surface area contributed by atoms with E-state index >= 15 is 0 Å². The average Bonchev–Trinajstić information content (AvgIpc) is 2.96. The summed E-state index contributed by atoms with van der Waals surface area (Å²) in [5.74, 6) is -1.63. The quantitative estimate of drug-likeness (QED) is 0.563. The van der Waals surface area contributed by atoms with E-state index in [4.69, 9.17) is 4.74 Å². The van der Waals surface area contributed by atoms with Gasteiger partial charge in [-0.3, -0.25) is 9.59 Å². The number of benzene rings is 2. The third kappa shape index (κ3) is 3.98. The van der Waals surface area contributed by atoms with Crippen LogP contribution in [0.2, 0.25) is 0 Å². The molecule has 170 valence electrons. The number of carbonyl (C=O) groups is 1. The van der Waals surface area contributed by atoms with Crippen LogP contribution >= 0.6 is 11.8 Å². The number of carbonyl (C=O) groups excluding carboxylic acids is 1. The largest absolute Gasteiger partial charge is 0.378 e. The summed E-state index contributed by atoms with van der Waals surface area (Å²) < 4.78 is 35.7. The van der Waals surface area contributed by atoms with Gasteiger partial charge in [0.05, 0.1) is 18.9 Å². The Balaban J connectivity index is 1.73. The first-order chi connectivity index (χ1) is 15.9. The lowest BCUT2D eigenvalue weighted by Crippen LogP contribution is -2.43. The Hall–Kier alpha value is -2.97. The normalized spacial score (nSPS) is 17.8. The zero-order chi connectivity index (χ0) is 23.1. The fourth-order valence-corrected chi connectivity index (χ4v) is 5.83. The van der Waals surface area contributed by atoms with Crippen LogP contribution in [-0.4, -0.2) is 41.7 Å². The highest BCUT2D eigenvalue weighted by molar-refractivity contribution is 7.99. The van der Waals surface area contributed by atoms with Crippen LogP contribution < -0.4 is 5.43 Å². The van der Waals surface area contributed by atoms with E-state index in [1.54, 1.807) is 4.90 Å². The lowest BCUT2D eigenvalue weighted by atomic mass is 10.0.